The number of hydrogen-bond acceptors (Lipinski definition) is 3. The highest BCUT2D eigenvalue weighted by atomic mass is 79.9. The van der Waals surface area contributed by atoms with Crippen molar-refractivity contribution in [2.75, 3.05) is 12.0 Å². The van der Waals surface area contributed by atoms with Gasteiger partial charge < -0.3 is 4.74 Å². The van der Waals surface area contributed by atoms with Crippen LogP contribution in [-0.4, -0.2) is 12.5 Å². The first-order valence-electron chi connectivity index (χ1n) is 7.04. The number of ether oxygens (including phenoxy) is 1. The summed E-state index contributed by atoms with van der Waals surface area (Å²) in [4.78, 5) is 11.6. The number of rotatable bonds is 7. The van der Waals surface area contributed by atoms with Gasteiger partial charge >= 0.3 is 0 Å². The standard InChI is InChI=1S/C16H14BrF3N2O2/c17-10-4-1-2-5-13(10)24-9-3-6-14(23)22-21-12-8-7-11(18)15(19)16(12)20/h1-2,4-5,7-8,21H,3,6,9H2,(H,22,23). The van der Waals surface area contributed by atoms with E-state index < -0.39 is 23.4 Å². The lowest BCUT2D eigenvalue weighted by Gasteiger charge is -2.10. The zero-order valence-electron chi connectivity index (χ0n) is 12.4. The first kappa shape index (κ1) is 18.1. The molecular weight excluding hydrogens is 389 g/mol. The SMILES string of the molecule is O=C(CCCOc1ccccc1Br)NNc1ccc(F)c(F)c1F. The number of hydrogen-bond donors (Lipinski definition) is 2. The number of halogens is 4. The van der Waals surface area contributed by atoms with E-state index in [0.29, 0.717) is 18.8 Å². The van der Waals surface area contributed by atoms with Gasteiger partial charge in [-0.05, 0) is 46.6 Å². The Hall–Kier alpha value is -2.22. The van der Waals surface area contributed by atoms with E-state index in [1.807, 2.05) is 18.2 Å². The van der Waals surface area contributed by atoms with Crippen molar-refractivity contribution in [1.29, 1.82) is 0 Å². The molecule has 2 aromatic carbocycles. The Kier molecular flexibility index (Phi) is 6.48. The number of carbonyl (C=O) groups excluding carboxylic acids is 1. The van der Waals surface area contributed by atoms with Gasteiger partial charge in [0, 0.05) is 6.42 Å². The van der Waals surface area contributed by atoms with Crippen LogP contribution < -0.4 is 15.6 Å². The summed E-state index contributed by atoms with van der Waals surface area (Å²) in [6.07, 6.45) is 0.540. The van der Waals surface area contributed by atoms with Crippen molar-refractivity contribution in [2.45, 2.75) is 12.8 Å². The molecule has 8 heteroatoms. The van der Waals surface area contributed by atoms with E-state index in [0.717, 1.165) is 16.6 Å². The molecule has 0 unspecified atom stereocenters. The van der Waals surface area contributed by atoms with Gasteiger partial charge in [-0.3, -0.25) is 15.6 Å². The molecule has 0 saturated carbocycles. The van der Waals surface area contributed by atoms with E-state index in [1.165, 1.54) is 0 Å². The minimum Gasteiger partial charge on any atom is -0.492 e. The molecule has 0 fully saturated rings. The van der Waals surface area contributed by atoms with E-state index in [9.17, 15) is 18.0 Å². The van der Waals surface area contributed by atoms with Crippen LogP contribution in [0.4, 0.5) is 18.9 Å². The molecule has 0 saturated heterocycles. The fourth-order valence-corrected chi connectivity index (χ4v) is 2.20. The third-order valence-electron chi connectivity index (χ3n) is 3.01. The smallest absolute Gasteiger partial charge is 0.238 e. The van der Waals surface area contributed by atoms with Gasteiger partial charge in [0.05, 0.1) is 16.8 Å². The molecule has 0 aliphatic rings. The summed E-state index contributed by atoms with van der Waals surface area (Å²) >= 11 is 3.34. The quantitative estimate of drug-likeness (QED) is 0.415. The average molecular weight is 403 g/mol. The number of benzene rings is 2. The summed E-state index contributed by atoms with van der Waals surface area (Å²) in [5.41, 5.74) is 4.08. The topological polar surface area (TPSA) is 50.4 Å². The van der Waals surface area contributed by atoms with Crippen molar-refractivity contribution in [3.63, 3.8) is 0 Å². The van der Waals surface area contributed by atoms with Gasteiger partial charge in [-0.15, -0.1) is 0 Å². The van der Waals surface area contributed by atoms with E-state index in [-0.39, 0.29) is 12.1 Å². The number of amides is 1. The monoisotopic (exact) mass is 402 g/mol. The third-order valence-corrected chi connectivity index (χ3v) is 3.67. The molecular formula is C16H14BrF3N2O2. The van der Waals surface area contributed by atoms with E-state index in [1.54, 1.807) is 6.07 Å². The van der Waals surface area contributed by atoms with Gasteiger partial charge in [0.1, 0.15) is 5.75 Å². The third kappa shape index (κ3) is 4.89. The van der Waals surface area contributed by atoms with Crippen LogP contribution in [0, 0.1) is 17.5 Å². The molecule has 0 aromatic heterocycles. The highest BCUT2D eigenvalue weighted by Crippen LogP contribution is 2.23. The maximum Gasteiger partial charge on any atom is 0.238 e. The van der Waals surface area contributed by atoms with Crippen molar-refractivity contribution < 1.29 is 22.7 Å². The minimum absolute atomic E-state index is 0.114. The molecule has 0 heterocycles. The molecule has 1 amide bonds. The van der Waals surface area contributed by atoms with Gasteiger partial charge in [-0.25, -0.2) is 13.2 Å². The second-order valence-electron chi connectivity index (χ2n) is 4.78. The fraction of sp³-hybridized carbons (Fsp3) is 0.188. The summed E-state index contributed by atoms with van der Waals surface area (Å²) in [6, 6.07) is 9.06. The predicted molar refractivity (Wildman–Crippen MR) is 87.0 cm³/mol. The number of anilines is 1. The van der Waals surface area contributed by atoms with Crippen molar-refractivity contribution in [2.24, 2.45) is 0 Å². The summed E-state index contributed by atoms with van der Waals surface area (Å²) < 4.78 is 45.5. The average Bonchev–Trinajstić information content (AvgIpc) is 2.57. The van der Waals surface area contributed by atoms with E-state index >= 15 is 0 Å². The molecule has 0 radical (unpaired) electrons. The first-order valence-corrected chi connectivity index (χ1v) is 7.84. The number of para-hydroxylation sites is 1. The van der Waals surface area contributed by atoms with Crippen LogP contribution in [0.25, 0.3) is 0 Å². The Morgan fingerprint density at radius 3 is 2.58 bits per heavy atom. The van der Waals surface area contributed by atoms with E-state index in [4.69, 9.17) is 4.74 Å². The molecule has 0 aliphatic heterocycles. The summed E-state index contributed by atoms with van der Waals surface area (Å²) in [6.45, 7) is 0.315. The Morgan fingerprint density at radius 1 is 1.08 bits per heavy atom. The molecule has 0 atom stereocenters. The van der Waals surface area contributed by atoms with Gasteiger partial charge in [-0.1, -0.05) is 12.1 Å². The van der Waals surface area contributed by atoms with Crippen molar-refractivity contribution in [1.82, 2.24) is 5.43 Å². The zero-order chi connectivity index (χ0) is 17.5. The van der Waals surface area contributed by atoms with Crippen molar-refractivity contribution >= 4 is 27.5 Å². The van der Waals surface area contributed by atoms with Gasteiger partial charge in [0.2, 0.25) is 5.91 Å². The largest absolute Gasteiger partial charge is 0.492 e. The van der Waals surface area contributed by atoms with E-state index in [2.05, 4.69) is 26.8 Å². The molecule has 2 rings (SSSR count). The molecule has 2 N–H and O–H groups in total. The molecule has 0 aliphatic carbocycles. The van der Waals surface area contributed by atoms with Crippen LogP contribution >= 0.6 is 15.9 Å². The second-order valence-corrected chi connectivity index (χ2v) is 5.63. The summed E-state index contributed by atoms with van der Waals surface area (Å²) in [5.74, 6) is -4.06. The molecule has 24 heavy (non-hydrogen) atoms. The highest BCUT2D eigenvalue weighted by Gasteiger charge is 2.13. The van der Waals surface area contributed by atoms with Crippen molar-refractivity contribution in [3.05, 3.63) is 58.3 Å². The molecule has 0 spiro atoms. The van der Waals surface area contributed by atoms with Gasteiger partial charge in [-0.2, -0.15) is 0 Å². The van der Waals surface area contributed by atoms with Crippen LogP contribution in [0.15, 0.2) is 40.9 Å². The Balaban J connectivity index is 1.72. The Labute approximate surface area is 145 Å². The molecule has 2 aromatic rings. The summed E-state index contributed by atoms with van der Waals surface area (Å²) in [7, 11) is 0. The normalized spacial score (nSPS) is 10.3. The van der Waals surface area contributed by atoms with Crippen LogP contribution in [0.5, 0.6) is 5.75 Å². The number of carbonyl (C=O) groups is 1. The van der Waals surface area contributed by atoms with Crippen molar-refractivity contribution in [3.8, 4) is 5.75 Å². The Morgan fingerprint density at radius 2 is 1.83 bits per heavy atom. The molecule has 4 nitrogen and oxygen atoms in total. The maximum absolute atomic E-state index is 13.4. The summed E-state index contributed by atoms with van der Waals surface area (Å²) in [5, 5.41) is 0. The van der Waals surface area contributed by atoms with Crippen LogP contribution in [0.3, 0.4) is 0 Å². The predicted octanol–water partition coefficient (Wildman–Crippen LogP) is 4.17. The van der Waals surface area contributed by atoms with Crippen LogP contribution in [0.1, 0.15) is 12.8 Å². The van der Waals surface area contributed by atoms with Crippen LogP contribution in [-0.2, 0) is 4.79 Å². The zero-order valence-corrected chi connectivity index (χ0v) is 14.0. The number of hydrazine groups is 1. The van der Waals surface area contributed by atoms with Gasteiger partial charge in [0.15, 0.2) is 17.5 Å². The number of nitrogens with one attached hydrogen (secondary N) is 2. The first-order chi connectivity index (χ1) is 11.5. The minimum atomic E-state index is -1.60. The molecule has 0 bridgehead atoms. The fourth-order valence-electron chi connectivity index (χ4n) is 1.80. The van der Waals surface area contributed by atoms with Crippen LogP contribution in [0.2, 0.25) is 0 Å². The van der Waals surface area contributed by atoms with Gasteiger partial charge in [0.25, 0.3) is 0 Å². The maximum atomic E-state index is 13.4. The lowest BCUT2D eigenvalue weighted by molar-refractivity contribution is -0.120. The lowest BCUT2D eigenvalue weighted by Crippen LogP contribution is -2.30. The second kappa shape index (κ2) is 8.58. The lowest BCUT2D eigenvalue weighted by atomic mass is 10.3. The Bertz CT molecular complexity index is 728. The highest BCUT2D eigenvalue weighted by molar-refractivity contribution is 9.10. The molecule has 128 valence electrons.